The minimum atomic E-state index is -1.08. The summed E-state index contributed by atoms with van der Waals surface area (Å²) < 4.78 is 1.72. The Morgan fingerprint density at radius 2 is 2.00 bits per heavy atom. The van der Waals surface area contributed by atoms with Crippen LogP contribution in [0.2, 0.25) is 0 Å². The third-order valence-corrected chi connectivity index (χ3v) is 5.11. The minimum Gasteiger partial charge on any atom is -0.465 e. The number of nitrogens with one attached hydrogen (secondary N) is 2. The summed E-state index contributed by atoms with van der Waals surface area (Å²) in [5.41, 5.74) is 4.14. The lowest BCUT2D eigenvalue weighted by Crippen LogP contribution is -2.21. The van der Waals surface area contributed by atoms with Crippen molar-refractivity contribution in [3.63, 3.8) is 0 Å². The zero-order valence-corrected chi connectivity index (χ0v) is 18.1. The minimum absolute atomic E-state index is 0.247. The molecule has 1 aromatic carbocycles. The van der Waals surface area contributed by atoms with E-state index >= 15 is 0 Å². The Kier molecular flexibility index (Phi) is 5.97. The van der Waals surface area contributed by atoms with Gasteiger partial charge in [-0.15, -0.1) is 0 Å². The molecular weight excluding hydrogens is 388 g/mol. The molecule has 0 saturated carbocycles. The molecule has 0 spiro atoms. The molecule has 0 aliphatic carbocycles. The van der Waals surface area contributed by atoms with Gasteiger partial charge in [-0.25, -0.2) is 9.78 Å². The molecule has 2 aromatic heterocycles. The van der Waals surface area contributed by atoms with Crippen molar-refractivity contribution in [3.05, 3.63) is 41.1 Å². The summed E-state index contributed by atoms with van der Waals surface area (Å²) in [6.07, 6.45) is 3.52. The normalized spacial score (nSPS) is 11.6. The predicted molar refractivity (Wildman–Crippen MR) is 116 cm³/mol. The standard InChI is InChI=1S/C20H26N6O2S/c1-6-12-11-22-26-16(12)24-18(29-5)25-17(26)21-10-13-8-7-9-14(23-19(27)28)15(13)20(2,3)4/h7-9,11,23H,6,10H2,1-5H3,(H,27,28)(H,21,24,25). The second-order valence-corrected chi connectivity index (χ2v) is 8.44. The van der Waals surface area contributed by atoms with Gasteiger partial charge in [0.2, 0.25) is 5.95 Å². The van der Waals surface area contributed by atoms with E-state index in [1.54, 1.807) is 10.6 Å². The average Bonchev–Trinajstić information content (AvgIpc) is 3.07. The third kappa shape index (κ3) is 4.45. The largest absolute Gasteiger partial charge is 0.465 e. The first-order chi connectivity index (χ1) is 13.7. The van der Waals surface area contributed by atoms with E-state index in [0.717, 1.165) is 28.8 Å². The predicted octanol–water partition coefficient (Wildman–Crippen LogP) is 4.41. The van der Waals surface area contributed by atoms with Crippen molar-refractivity contribution in [1.29, 1.82) is 0 Å². The van der Waals surface area contributed by atoms with Crippen LogP contribution in [-0.2, 0) is 18.4 Å². The van der Waals surface area contributed by atoms with E-state index < -0.39 is 6.09 Å². The van der Waals surface area contributed by atoms with Crippen molar-refractivity contribution < 1.29 is 9.90 Å². The topological polar surface area (TPSA) is 104 Å². The Balaban J connectivity index is 2.00. The fourth-order valence-electron chi connectivity index (χ4n) is 3.39. The summed E-state index contributed by atoms with van der Waals surface area (Å²) in [5, 5.41) is 20.2. The highest BCUT2D eigenvalue weighted by molar-refractivity contribution is 7.98. The highest BCUT2D eigenvalue weighted by Crippen LogP contribution is 2.33. The van der Waals surface area contributed by atoms with Gasteiger partial charge in [-0.1, -0.05) is 51.6 Å². The summed E-state index contributed by atoms with van der Waals surface area (Å²) in [4.78, 5) is 20.4. The molecular formula is C20H26N6O2S. The number of anilines is 2. The van der Waals surface area contributed by atoms with E-state index in [-0.39, 0.29) is 5.41 Å². The summed E-state index contributed by atoms with van der Waals surface area (Å²) in [7, 11) is 0. The van der Waals surface area contributed by atoms with Crippen molar-refractivity contribution in [3.8, 4) is 0 Å². The molecule has 0 unspecified atom stereocenters. The fraction of sp³-hybridized carbons (Fsp3) is 0.400. The first-order valence-corrected chi connectivity index (χ1v) is 10.6. The first-order valence-electron chi connectivity index (χ1n) is 9.39. The molecule has 154 valence electrons. The number of rotatable bonds is 6. The van der Waals surface area contributed by atoms with E-state index in [0.29, 0.717) is 23.3 Å². The van der Waals surface area contributed by atoms with Gasteiger partial charge in [0.25, 0.3) is 0 Å². The zero-order chi connectivity index (χ0) is 21.2. The van der Waals surface area contributed by atoms with Crippen molar-refractivity contribution >= 4 is 35.1 Å². The Labute approximate surface area is 174 Å². The number of amides is 1. The van der Waals surface area contributed by atoms with Crippen molar-refractivity contribution in [2.45, 2.75) is 51.2 Å². The Hall–Kier alpha value is -2.81. The average molecular weight is 415 g/mol. The Morgan fingerprint density at radius 1 is 1.24 bits per heavy atom. The van der Waals surface area contributed by atoms with Crippen LogP contribution in [0, 0.1) is 0 Å². The molecule has 0 radical (unpaired) electrons. The molecule has 3 N–H and O–H groups in total. The maximum atomic E-state index is 11.2. The Morgan fingerprint density at radius 3 is 2.62 bits per heavy atom. The molecule has 0 bridgehead atoms. The lowest BCUT2D eigenvalue weighted by molar-refractivity contribution is 0.209. The van der Waals surface area contributed by atoms with Gasteiger partial charge in [0.1, 0.15) is 0 Å². The molecule has 0 fully saturated rings. The fourth-order valence-corrected chi connectivity index (χ4v) is 3.74. The number of hydrogen-bond donors (Lipinski definition) is 3. The van der Waals surface area contributed by atoms with Crippen LogP contribution in [-0.4, -0.2) is 37.0 Å². The third-order valence-electron chi connectivity index (χ3n) is 4.56. The van der Waals surface area contributed by atoms with Crippen LogP contribution in [0.3, 0.4) is 0 Å². The number of aromatic nitrogens is 4. The lowest BCUT2D eigenvalue weighted by Gasteiger charge is -2.26. The van der Waals surface area contributed by atoms with E-state index in [1.165, 1.54) is 11.8 Å². The molecule has 3 rings (SSSR count). The number of carboxylic acid groups (broad SMARTS) is 1. The maximum absolute atomic E-state index is 11.2. The van der Waals surface area contributed by atoms with E-state index in [1.807, 2.05) is 24.6 Å². The maximum Gasteiger partial charge on any atom is 0.409 e. The van der Waals surface area contributed by atoms with Crippen molar-refractivity contribution in [1.82, 2.24) is 19.6 Å². The quantitative estimate of drug-likeness (QED) is 0.513. The van der Waals surface area contributed by atoms with Gasteiger partial charge in [0, 0.05) is 17.8 Å². The van der Waals surface area contributed by atoms with Crippen LogP contribution in [0.5, 0.6) is 0 Å². The van der Waals surface area contributed by atoms with Gasteiger partial charge < -0.3 is 10.4 Å². The SMILES string of the molecule is CCc1cnn2c(NCc3cccc(NC(=O)O)c3C(C)(C)C)nc(SC)nc12. The van der Waals surface area contributed by atoms with E-state index in [9.17, 15) is 9.90 Å². The van der Waals surface area contributed by atoms with Crippen LogP contribution in [0.15, 0.2) is 29.6 Å². The van der Waals surface area contributed by atoms with Gasteiger partial charge >= 0.3 is 6.09 Å². The highest BCUT2D eigenvalue weighted by atomic mass is 32.2. The van der Waals surface area contributed by atoms with Crippen LogP contribution in [0.1, 0.15) is 44.4 Å². The second kappa shape index (κ2) is 8.28. The number of thioether (sulfide) groups is 1. The molecule has 0 atom stereocenters. The number of nitrogens with zero attached hydrogens (tertiary/aromatic N) is 4. The van der Waals surface area contributed by atoms with Crippen LogP contribution < -0.4 is 10.6 Å². The van der Waals surface area contributed by atoms with Gasteiger partial charge in [-0.05, 0) is 35.3 Å². The first kappa shape index (κ1) is 20.9. The van der Waals surface area contributed by atoms with Gasteiger partial charge in [-0.3, -0.25) is 5.32 Å². The number of aryl methyl sites for hydroxylation is 1. The van der Waals surface area contributed by atoms with E-state index in [4.69, 9.17) is 0 Å². The molecule has 0 aliphatic heterocycles. The molecule has 8 nitrogen and oxygen atoms in total. The molecule has 0 aliphatic rings. The molecule has 0 saturated heterocycles. The smallest absolute Gasteiger partial charge is 0.409 e. The molecule has 3 aromatic rings. The zero-order valence-electron chi connectivity index (χ0n) is 17.3. The number of fused-ring (bicyclic) bond motifs is 1. The van der Waals surface area contributed by atoms with Crippen molar-refractivity contribution in [2.75, 3.05) is 16.9 Å². The summed E-state index contributed by atoms with van der Waals surface area (Å²) in [5.74, 6) is 0.607. The van der Waals surface area contributed by atoms with Crippen molar-refractivity contribution in [2.24, 2.45) is 0 Å². The van der Waals surface area contributed by atoms with Gasteiger partial charge in [-0.2, -0.15) is 14.6 Å². The molecule has 9 heteroatoms. The Bertz CT molecular complexity index is 1040. The second-order valence-electron chi connectivity index (χ2n) is 7.67. The number of carbonyl (C=O) groups is 1. The highest BCUT2D eigenvalue weighted by Gasteiger charge is 2.23. The molecule has 1 amide bonds. The lowest BCUT2D eigenvalue weighted by atomic mass is 9.82. The van der Waals surface area contributed by atoms with Crippen LogP contribution in [0.25, 0.3) is 5.65 Å². The van der Waals surface area contributed by atoms with Gasteiger partial charge in [0.05, 0.1) is 6.20 Å². The molecule has 29 heavy (non-hydrogen) atoms. The monoisotopic (exact) mass is 414 g/mol. The number of hydrogen-bond acceptors (Lipinski definition) is 6. The summed E-state index contributed by atoms with van der Waals surface area (Å²) in [6.45, 7) is 8.74. The van der Waals surface area contributed by atoms with E-state index in [2.05, 4.69) is 53.4 Å². The van der Waals surface area contributed by atoms with Crippen LogP contribution >= 0.6 is 11.8 Å². The number of benzene rings is 1. The molecule has 2 heterocycles. The van der Waals surface area contributed by atoms with Gasteiger partial charge in [0.15, 0.2) is 10.8 Å². The summed E-state index contributed by atoms with van der Waals surface area (Å²) >= 11 is 1.48. The summed E-state index contributed by atoms with van der Waals surface area (Å²) in [6, 6.07) is 5.63. The van der Waals surface area contributed by atoms with Crippen LogP contribution in [0.4, 0.5) is 16.4 Å².